The van der Waals surface area contributed by atoms with Crippen molar-refractivity contribution in [2.24, 2.45) is 0 Å². The number of likely N-dealkylation sites (tertiary alicyclic amines) is 1. The Morgan fingerprint density at radius 1 is 1.20 bits per heavy atom. The van der Waals surface area contributed by atoms with Crippen LogP contribution < -0.4 is 9.47 Å². The Morgan fingerprint density at radius 2 is 1.96 bits per heavy atom. The first kappa shape index (κ1) is 18.5. The van der Waals surface area contributed by atoms with E-state index in [1.807, 2.05) is 12.1 Å². The molecule has 5 nitrogen and oxygen atoms in total. The monoisotopic (exact) mass is 348 g/mol. The zero-order valence-corrected chi connectivity index (χ0v) is 16.0. The molecule has 0 aliphatic carbocycles. The Kier molecular flexibility index (Phi) is 6.20. The second kappa shape index (κ2) is 8.39. The lowest BCUT2D eigenvalue weighted by Gasteiger charge is -2.36. The molecular formula is C20H32N2O3. The summed E-state index contributed by atoms with van der Waals surface area (Å²) in [6.45, 7) is 12.4. The van der Waals surface area contributed by atoms with E-state index in [0.717, 1.165) is 50.9 Å². The van der Waals surface area contributed by atoms with Crippen LogP contribution in [-0.4, -0.2) is 67.9 Å². The number of benzene rings is 1. The average molecular weight is 348 g/mol. The van der Waals surface area contributed by atoms with Crippen LogP contribution in [0.5, 0.6) is 11.5 Å². The summed E-state index contributed by atoms with van der Waals surface area (Å²) < 4.78 is 16.9. The fourth-order valence-corrected chi connectivity index (χ4v) is 3.98. The van der Waals surface area contributed by atoms with Crippen LogP contribution in [-0.2, 0) is 11.3 Å². The molecule has 0 radical (unpaired) electrons. The third-order valence-electron chi connectivity index (χ3n) is 5.37. The quantitative estimate of drug-likeness (QED) is 0.790. The van der Waals surface area contributed by atoms with Gasteiger partial charge >= 0.3 is 0 Å². The summed E-state index contributed by atoms with van der Waals surface area (Å²) in [5.74, 6) is 1.79. The highest BCUT2D eigenvalue weighted by atomic mass is 16.5. The third-order valence-corrected chi connectivity index (χ3v) is 5.37. The maximum absolute atomic E-state index is 6.04. The maximum atomic E-state index is 6.04. The molecule has 0 aromatic heterocycles. The summed E-state index contributed by atoms with van der Waals surface area (Å²) >= 11 is 0. The molecule has 2 aliphatic heterocycles. The number of hydrogen-bond acceptors (Lipinski definition) is 5. The van der Waals surface area contributed by atoms with E-state index in [2.05, 4.69) is 36.6 Å². The molecule has 140 valence electrons. The molecule has 3 rings (SSSR count). The largest absolute Gasteiger partial charge is 0.497 e. The van der Waals surface area contributed by atoms with Crippen molar-refractivity contribution < 1.29 is 14.2 Å². The van der Waals surface area contributed by atoms with Crippen molar-refractivity contribution in [3.63, 3.8) is 0 Å². The summed E-state index contributed by atoms with van der Waals surface area (Å²) in [7, 11) is 1.70. The van der Waals surface area contributed by atoms with Gasteiger partial charge in [0.2, 0.25) is 0 Å². The Morgan fingerprint density at radius 3 is 2.64 bits per heavy atom. The molecule has 0 N–H and O–H groups in total. The van der Waals surface area contributed by atoms with Crippen LogP contribution in [0, 0.1) is 0 Å². The van der Waals surface area contributed by atoms with Crippen molar-refractivity contribution in [1.82, 2.24) is 9.80 Å². The van der Waals surface area contributed by atoms with Crippen LogP contribution >= 0.6 is 0 Å². The predicted octanol–water partition coefficient (Wildman–Crippen LogP) is 2.78. The van der Waals surface area contributed by atoms with Gasteiger partial charge in [-0.2, -0.15) is 0 Å². The van der Waals surface area contributed by atoms with Gasteiger partial charge in [0, 0.05) is 49.9 Å². The van der Waals surface area contributed by atoms with E-state index in [1.165, 1.54) is 12.0 Å². The van der Waals surface area contributed by atoms with E-state index in [1.54, 1.807) is 7.11 Å². The lowest BCUT2D eigenvalue weighted by Crippen LogP contribution is -2.48. The van der Waals surface area contributed by atoms with Crippen molar-refractivity contribution in [1.29, 1.82) is 0 Å². The van der Waals surface area contributed by atoms with Gasteiger partial charge in [-0.15, -0.1) is 0 Å². The van der Waals surface area contributed by atoms with Crippen molar-refractivity contribution in [3.05, 3.63) is 23.8 Å². The second-order valence-electron chi connectivity index (χ2n) is 7.36. The molecule has 5 heteroatoms. The minimum absolute atomic E-state index is 0.156. The first-order valence-corrected chi connectivity index (χ1v) is 9.48. The van der Waals surface area contributed by atoms with E-state index in [9.17, 15) is 0 Å². The Bertz CT molecular complexity index is 558. The van der Waals surface area contributed by atoms with Gasteiger partial charge in [0.1, 0.15) is 11.5 Å². The van der Waals surface area contributed by atoms with Crippen molar-refractivity contribution in [3.8, 4) is 11.5 Å². The fourth-order valence-electron chi connectivity index (χ4n) is 3.98. The summed E-state index contributed by atoms with van der Waals surface area (Å²) in [5.41, 5.74) is 1.24. The number of nitrogens with zero attached hydrogens (tertiary/aromatic N) is 2. The van der Waals surface area contributed by atoms with Crippen LogP contribution in [0.1, 0.15) is 32.8 Å². The average Bonchev–Trinajstić information content (AvgIpc) is 2.97. The highest BCUT2D eigenvalue weighted by Gasteiger charge is 2.35. The van der Waals surface area contributed by atoms with E-state index in [0.29, 0.717) is 12.1 Å². The second-order valence-corrected chi connectivity index (χ2v) is 7.36. The molecule has 2 atom stereocenters. The smallest absolute Gasteiger partial charge is 0.127 e. The van der Waals surface area contributed by atoms with Crippen molar-refractivity contribution >= 4 is 0 Å². The normalized spacial score (nSPS) is 25.5. The molecule has 0 bridgehead atoms. The molecule has 2 saturated heterocycles. The van der Waals surface area contributed by atoms with Gasteiger partial charge in [0.05, 0.1) is 26.4 Å². The van der Waals surface area contributed by atoms with Gasteiger partial charge in [0.15, 0.2) is 0 Å². The number of hydrogen-bond donors (Lipinski definition) is 0. The zero-order valence-electron chi connectivity index (χ0n) is 16.0. The van der Waals surface area contributed by atoms with Gasteiger partial charge in [-0.25, -0.2) is 0 Å². The zero-order chi connectivity index (χ0) is 17.8. The molecule has 1 aromatic carbocycles. The van der Waals surface area contributed by atoms with Gasteiger partial charge < -0.3 is 14.2 Å². The van der Waals surface area contributed by atoms with Crippen LogP contribution in [0.4, 0.5) is 0 Å². The van der Waals surface area contributed by atoms with E-state index >= 15 is 0 Å². The first-order chi connectivity index (χ1) is 12.1. The molecule has 2 fully saturated rings. The Balaban J connectivity index is 1.69. The SMILES string of the molecule is COc1ccc(CN2CC[C@@H](N3CCOCC3)[C@H]2C)c(OC(C)C)c1. The van der Waals surface area contributed by atoms with Gasteiger partial charge in [-0.05, 0) is 33.3 Å². The summed E-state index contributed by atoms with van der Waals surface area (Å²) in [6, 6.07) is 7.37. The Hall–Kier alpha value is -1.30. The van der Waals surface area contributed by atoms with Crippen LogP contribution in [0.25, 0.3) is 0 Å². The summed E-state index contributed by atoms with van der Waals surface area (Å²) in [6.07, 6.45) is 1.39. The molecule has 25 heavy (non-hydrogen) atoms. The third kappa shape index (κ3) is 4.46. The summed E-state index contributed by atoms with van der Waals surface area (Å²) in [5, 5.41) is 0. The van der Waals surface area contributed by atoms with Crippen LogP contribution in [0.2, 0.25) is 0 Å². The lowest BCUT2D eigenvalue weighted by atomic mass is 10.1. The highest BCUT2D eigenvalue weighted by molar-refractivity contribution is 5.41. The van der Waals surface area contributed by atoms with Gasteiger partial charge in [-0.1, -0.05) is 6.07 Å². The number of ether oxygens (including phenoxy) is 3. The molecule has 0 saturated carbocycles. The standard InChI is InChI=1S/C20H32N2O3/c1-15(2)25-20-13-18(23-4)6-5-17(20)14-22-8-7-19(16(22)3)21-9-11-24-12-10-21/h5-6,13,15-16,19H,7-12,14H2,1-4H3/t16-,19-/m1/s1. The number of rotatable bonds is 6. The molecule has 2 heterocycles. The number of morpholine rings is 1. The van der Waals surface area contributed by atoms with Gasteiger partial charge in [0.25, 0.3) is 0 Å². The predicted molar refractivity (Wildman–Crippen MR) is 99.4 cm³/mol. The first-order valence-electron chi connectivity index (χ1n) is 9.48. The molecule has 1 aromatic rings. The highest BCUT2D eigenvalue weighted by Crippen LogP contribution is 2.31. The maximum Gasteiger partial charge on any atom is 0.127 e. The van der Waals surface area contributed by atoms with Crippen LogP contribution in [0.15, 0.2) is 18.2 Å². The van der Waals surface area contributed by atoms with Crippen molar-refractivity contribution in [2.45, 2.75) is 51.9 Å². The number of methoxy groups -OCH3 is 1. The molecule has 2 aliphatic rings. The summed E-state index contributed by atoms with van der Waals surface area (Å²) in [4.78, 5) is 5.18. The lowest BCUT2D eigenvalue weighted by molar-refractivity contribution is 0.00979. The molecular weight excluding hydrogens is 316 g/mol. The molecule has 0 spiro atoms. The fraction of sp³-hybridized carbons (Fsp3) is 0.700. The van der Waals surface area contributed by atoms with E-state index < -0.39 is 0 Å². The Labute approximate surface area is 151 Å². The molecule has 0 amide bonds. The topological polar surface area (TPSA) is 34.2 Å². The van der Waals surface area contributed by atoms with Gasteiger partial charge in [-0.3, -0.25) is 9.80 Å². The van der Waals surface area contributed by atoms with E-state index in [4.69, 9.17) is 14.2 Å². The van der Waals surface area contributed by atoms with Crippen molar-refractivity contribution in [2.75, 3.05) is 40.0 Å². The minimum atomic E-state index is 0.156. The molecule has 0 unspecified atom stereocenters. The van der Waals surface area contributed by atoms with E-state index in [-0.39, 0.29) is 6.10 Å². The minimum Gasteiger partial charge on any atom is -0.497 e. The van der Waals surface area contributed by atoms with Crippen LogP contribution in [0.3, 0.4) is 0 Å².